The van der Waals surface area contributed by atoms with Crippen molar-refractivity contribution in [3.63, 3.8) is 0 Å². The lowest BCUT2D eigenvalue weighted by atomic mass is 10.1. The Bertz CT molecular complexity index is 609. The monoisotopic (exact) mass is 274 g/mol. The molecule has 1 amide bonds. The average Bonchev–Trinajstić information content (AvgIpc) is 2.51. The summed E-state index contributed by atoms with van der Waals surface area (Å²) in [5.74, 6) is 0.444. The second-order valence-corrected chi connectivity index (χ2v) is 4.52. The van der Waals surface area contributed by atoms with Gasteiger partial charge in [0.25, 0.3) is 5.91 Å². The van der Waals surface area contributed by atoms with Gasteiger partial charge in [-0.25, -0.2) is 0 Å². The molecule has 0 aliphatic heterocycles. The second-order valence-electron chi connectivity index (χ2n) is 4.52. The van der Waals surface area contributed by atoms with Gasteiger partial charge in [0.2, 0.25) is 0 Å². The molecule has 2 N–H and O–H groups in total. The van der Waals surface area contributed by atoms with Crippen molar-refractivity contribution in [1.29, 1.82) is 0 Å². The lowest BCUT2D eigenvalue weighted by Crippen LogP contribution is -2.36. The van der Waals surface area contributed by atoms with Crippen LogP contribution in [0.15, 0.2) is 30.5 Å². The summed E-state index contributed by atoms with van der Waals surface area (Å²) in [6, 6.07) is 7.10. The van der Waals surface area contributed by atoms with E-state index in [0.29, 0.717) is 17.7 Å². The highest BCUT2D eigenvalue weighted by Gasteiger charge is 2.13. The van der Waals surface area contributed by atoms with E-state index < -0.39 is 0 Å². The minimum Gasteiger partial charge on any atom is -0.494 e. The van der Waals surface area contributed by atoms with E-state index in [1.807, 2.05) is 25.1 Å². The van der Waals surface area contributed by atoms with Crippen LogP contribution in [0.3, 0.4) is 0 Å². The van der Waals surface area contributed by atoms with Gasteiger partial charge >= 0.3 is 0 Å². The van der Waals surface area contributed by atoms with Crippen LogP contribution in [0.2, 0.25) is 0 Å². The van der Waals surface area contributed by atoms with Crippen molar-refractivity contribution in [2.24, 2.45) is 0 Å². The first-order chi connectivity index (χ1) is 9.69. The van der Waals surface area contributed by atoms with E-state index >= 15 is 0 Å². The number of amides is 1. The molecule has 2 aromatic rings. The van der Waals surface area contributed by atoms with Crippen molar-refractivity contribution in [3.05, 3.63) is 36.0 Å². The van der Waals surface area contributed by atoms with Gasteiger partial charge in [-0.05, 0) is 18.6 Å². The maximum atomic E-state index is 12.1. The molecule has 106 valence electrons. The minimum absolute atomic E-state index is 0.0723. The molecule has 0 saturated carbocycles. The highest BCUT2D eigenvalue weighted by Crippen LogP contribution is 2.23. The van der Waals surface area contributed by atoms with Gasteiger partial charge in [0.05, 0.1) is 25.3 Å². The zero-order valence-electron chi connectivity index (χ0n) is 11.6. The molecule has 1 heterocycles. The highest BCUT2D eigenvalue weighted by atomic mass is 16.5. The first kappa shape index (κ1) is 14.3. The van der Waals surface area contributed by atoms with Crippen molar-refractivity contribution < 1.29 is 14.6 Å². The topological polar surface area (TPSA) is 71.5 Å². The molecule has 1 unspecified atom stereocenters. The summed E-state index contributed by atoms with van der Waals surface area (Å²) in [6.45, 7) is 1.84. The lowest BCUT2D eigenvalue weighted by Gasteiger charge is -2.14. The van der Waals surface area contributed by atoms with Gasteiger partial charge in [-0.15, -0.1) is 0 Å². The van der Waals surface area contributed by atoms with Crippen LogP contribution in [0.5, 0.6) is 5.75 Å². The third kappa shape index (κ3) is 2.88. The number of carbonyl (C=O) groups excluding carboxylic acids is 1. The molecule has 1 atom stereocenters. The van der Waals surface area contributed by atoms with Crippen LogP contribution in [-0.4, -0.2) is 35.8 Å². The van der Waals surface area contributed by atoms with E-state index in [1.54, 1.807) is 13.2 Å². The van der Waals surface area contributed by atoms with E-state index in [4.69, 9.17) is 9.84 Å². The number of rotatable bonds is 5. The summed E-state index contributed by atoms with van der Waals surface area (Å²) in [6.07, 6.45) is 2.20. The fourth-order valence-electron chi connectivity index (χ4n) is 1.97. The zero-order valence-corrected chi connectivity index (χ0v) is 11.6. The number of para-hydroxylation sites is 1. The van der Waals surface area contributed by atoms with Gasteiger partial charge in [0, 0.05) is 11.6 Å². The summed E-state index contributed by atoms with van der Waals surface area (Å²) in [5, 5.41) is 12.7. The molecule has 0 spiro atoms. The van der Waals surface area contributed by atoms with Gasteiger partial charge in [0.1, 0.15) is 11.3 Å². The molecular formula is C15H18N2O3. The van der Waals surface area contributed by atoms with Crippen molar-refractivity contribution in [1.82, 2.24) is 10.3 Å². The van der Waals surface area contributed by atoms with Crippen LogP contribution in [0, 0.1) is 0 Å². The normalized spacial score (nSPS) is 12.2. The Morgan fingerprint density at radius 2 is 2.30 bits per heavy atom. The van der Waals surface area contributed by atoms with Crippen LogP contribution in [0.1, 0.15) is 23.7 Å². The van der Waals surface area contributed by atoms with Crippen LogP contribution >= 0.6 is 0 Å². The number of hydrogen-bond donors (Lipinski definition) is 2. The van der Waals surface area contributed by atoms with E-state index in [9.17, 15) is 4.79 Å². The maximum absolute atomic E-state index is 12.1. The number of methoxy groups -OCH3 is 1. The SMILES string of the molecule is CCC(CO)NC(=O)c1cnc2c(OC)cccc2c1. The molecule has 2 rings (SSSR count). The Morgan fingerprint density at radius 3 is 2.95 bits per heavy atom. The average molecular weight is 274 g/mol. The second kappa shape index (κ2) is 6.34. The van der Waals surface area contributed by atoms with Gasteiger partial charge in [-0.2, -0.15) is 0 Å². The number of hydrogen-bond acceptors (Lipinski definition) is 4. The summed E-state index contributed by atoms with van der Waals surface area (Å²) in [5.41, 5.74) is 1.19. The largest absolute Gasteiger partial charge is 0.494 e. The Hall–Kier alpha value is -2.14. The smallest absolute Gasteiger partial charge is 0.253 e. The third-order valence-electron chi connectivity index (χ3n) is 3.20. The quantitative estimate of drug-likeness (QED) is 0.871. The zero-order chi connectivity index (χ0) is 14.5. The Kier molecular flexibility index (Phi) is 4.53. The fourth-order valence-corrected chi connectivity index (χ4v) is 1.97. The predicted octanol–water partition coefficient (Wildman–Crippen LogP) is 1.74. The molecule has 5 nitrogen and oxygen atoms in total. The van der Waals surface area contributed by atoms with Gasteiger partial charge in [0.15, 0.2) is 0 Å². The number of fused-ring (bicyclic) bond motifs is 1. The summed E-state index contributed by atoms with van der Waals surface area (Å²) in [4.78, 5) is 16.4. The van der Waals surface area contributed by atoms with Crippen LogP contribution in [-0.2, 0) is 0 Å². The predicted molar refractivity (Wildman–Crippen MR) is 76.9 cm³/mol. The van der Waals surface area contributed by atoms with Crippen molar-refractivity contribution in [3.8, 4) is 5.75 Å². The van der Waals surface area contributed by atoms with E-state index in [2.05, 4.69) is 10.3 Å². The first-order valence-electron chi connectivity index (χ1n) is 6.54. The van der Waals surface area contributed by atoms with Crippen LogP contribution < -0.4 is 10.1 Å². The molecule has 0 aliphatic carbocycles. The van der Waals surface area contributed by atoms with Crippen molar-refractivity contribution >= 4 is 16.8 Å². The number of ether oxygens (including phenoxy) is 1. The van der Waals surface area contributed by atoms with E-state index in [1.165, 1.54) is 6.20 Å². The fraction of sp³-hybridized carbons (Fsp3) is 0.333. The number of aliphatic hydroxyl groups excluding tert-OH is 1. The minimum atomic E-state index is -0.233. The van der Waals surface area contributed by atoms with Crippen molar-refractivity contribution in [2.75, 3.05) is 13.7 Å². The Morgan fingerprint density at radius 1 is 1.50 bits per heavy atom. The number of benzene rings is 1. The Labute approximate surface area is 117 Å². The molecule has 0 bridgehead atoms. The number of pyridine rings is 1. The molecule has 0 fully saturated rings. The Balaban J connectivity index is 2.30. The van der Waals surface area contributed by atoms with Crippen LogP contribution in [0.4, 0.5) is 0 Å². The third-order valence-corrected chi connectivity index (χ3v) is 3.20. The number of nitrogens with zero attached hydrogens (tertiary/aromatic N) is 1. The van der Waals surface area contributed by atoms with Gasteiger partial charge < -0.3 is 15.2 Å². The molecule has 0 aliphatic rings. The standard InChI is InChI=1S/C15H18N2O3/c1-3-12(9-18)17-15(19)11-7-10-5-4-6-13(20-2)14(10)16-8-11/h4-8,12,18H,3,9H2,1-2H3,(H,17,19). The maximum Gasteiger partial charge on any atom is 0.253 e. The summed E-state index contributed by atoms with van der Waals surface area (Å²) in [7, 11) is 1.59. The highest BCUT2D eigenvalue weighted by molar-refractivity contribution is 5.98. The number of aromatic nitrogens is 1. The van der Waals surface area contributed by atoms with Crippen LogP contribution in [0.25, 0.3) is 10.9 Å². The van der Waals surface area contributed by atoms with E-state index in [-0.39, 0.29) is 18.6 Å². The summed E-state index contributed by atoms with van der Waals surface area (Å²) < 4.78 is 5.23. The molecule has 0 radical (unpaired) electrons. The number of aliphatic hydroxyl groups is 1. The number of nitrogens with one attached hydrogen (secondary N) is 1. The molecular weight excluding hydrogens is 256 g/mol. The number of carbonyl (C=O) groups is 1. The molecule has 20 heavy (non-hydrogen) atoms. The van der Waals surface area contributed by atoms with E-state index in [0.717, 1.165) is 10.9 Å². The van der Waals surface area contributed by atoms with Gasteiger partial charge in [-0.1, -0.05) is 19.1 Å². The van der Waals surface area contributed by atoms with Gasteiger partial charge in [-0.3, -0.25) is 9.78 Å². The molecule has 0 saturated heterocycles. The van der Waals surface area contributed by atoms with Crippen molar-refractivity contribution in [2.45, 2.75) is 19.4 Å². The molecule has 5 heteroatoms. The summed E-state index contributed by atoms with van der Waals surface area (Å²) >= 11 is 0. The first-order valence-corrected chi connectivity index (χ1v) is 6.54. The lowest BCUT2D eigenvalue weighted by molar-refractivity contribution is 0.0914. The molecule has 1 aromatic carbocycles. The molecule has 1 aromatic heterocycles.